The zero-order valence-electron chi connectivity index (χ0n) is 14.5. The molecule has 0 aromatic heterocycles. The van der Waals surface area contributed by atoms with E-state index in [1.165, 1.54) is 24.3 Å². The summed E-state index contributed by atoms with van der Waals surface area (Å²) in [6.07, 6.45) is 0. The summed E-state index contributed by atoms with van der Waals surface area (Å²) in [6.45, 7) is 0.311. The van der Waals surface area contributed by atoms with Gasteiger partial charge in [0.15, 0.2) is 5.60 Å². The highest BCUT2D eigenvalue weighted by Crippen LogP contribution is 2.56. The Morgan fingerprint density at radius 2 is 1.43 bits per heavy atom. The Hall–Kier alpha value is -3.03. The van der Waals surface area contributed by atoms with Gasteiger partial charge in [0.25, 0.3) is 0 Å². The number of hydrogen-bond donors (Lipinski definition) is 3. The van der Waals surface area contributed by atoms with Crippen molar-refractivity contribution in [1.29, 1.82) is 0 Å². The SMILES string of the molecule is Br.NCc1ccc2c(c1)C(=O)OC21c2ccc(O)cc2Oc2cc(O)ccc21. The smallest absolute Gasteiger partial charge is 0.340 e. The molecule has 28 heavy (non-hydrogen) atoms. The Morgan fingerprint density at radius 3 is 2.00 bits per heavy atom. The van der Waals surface area contributed by atoms with Crippen molar-refractivity contribution in [3.8, 4) is 23.0 Å². The van der Waals surface area contributed by atoms with Crippen molar-refractivity contribution in [2.24, 2.45) is 5.73 Å². The minimum Gasteiger partial charge on any atom is -0.508 e. The number of phenolic OH excluding ortho intramolecular Hbond substituents is 2. The Kier molecular flexibility index (Phi) is 4.10. The molecule has 2 aliphatic heterocycles. The lowest BCUT2D eigenvalue weighted by Crippen LogP contribution is -2.32. The van der Waals surface area contributed by atoms with Gasteiger partial charge in [-0.2, -0.15) is 0 Å². The third-order valence-corrected chi connectivity index (χ3v) is 5.07. The quantitative estimate of drug-likeness (QED) is 0.497. The fourth-order valence-electron chi connectivity index (χ4n) is 3.88. The minimum absolute atomic E-state index is 0. The molecular formula is C21H16BrNO5. The molecule has 3 aromatic rings. The van der Waals surface area contributed by atoms with Crippen molar-refractivity contribution in [3.05, 3.63) is 82.4 Å². The number of esters is 1. The van der Waals surface area contributed by atoms with Crippen molar-refractivity contribution in [1.82, 2.24) is 0 Å². The van der Waals surface area contributed by atoms with Gasteiger partial charge in [-0.3, -0.25) is 0 Å². The van der Waals surface area contributed by atoms with Gasteiger partial charge in [0, 0.05) is 35.4 Å². The molecule has 7 heteroatoms. The number of hydrogen-bond acceptors (Lipinski definition) is 6. The first kappa shape index (κ1) is 18.3. The van der Waals surface area contributed by atoms with Crippen LogP contribution in [0.4, 0.5) is 0 Å². The first-order valence-electron chi connectivity index (χ1n) is 8.44. The van der Waals surface area contributed by atoms with E-state index >= 15 is 0 Å². The van der Waals surface area contributed by atoms with Gasteiger partial charge in [-0.1, -0.05) is 12.1 Å². The number of ether oxygens (including phenoxy) is 2. The molecule has 3 aromatic carbocycles. The van der Waals surface area contributed by atoms with Gasteiger partial charge in [-0.15, -0.1) is 17.0 Å². The van der Waals surface area contributed by atoms with E-state index < -0.39 is 11.6 Å². The van der Waals surface area contributed by atoms with E-state index in [1.54, 1.807) is 18.2 Å². The first-order valence-corrected chi connectivity index (χ1v) is 8.44. The maximum absolute atomic E-state index is 12.8. The van der Waals surface area contributed by atoms with Crippen LogP contribution in [0.15, 0.2) is 54.6 Å². The summed E-state index contributed by atoms with van der Waals surface area (Å²) in [4.78, 5) is 12.8. The molecule has 2 heterocycles. The molecule has 2 aliphatic rings. The summed E-state index contributed by atoms with van der Waals surface area (Å²) >= 11 is 0. The predicted octanol–water partition coefficient (Wildman–Crippen LogP) is 3.70. The number of carbonyl (C=O) groups is 1. The van der Waals surface area contributed by atoms with E-state index in [4.69, 9.17) is 15.2 Å². The Labute approximate surface area is 170 Å². The second-order valence-electron chi connectivity index (χ2n) is 6.62. The summed E-state index contributed by atoms with van der Waals surface area (Å²) in [7, 11) is 0. The average molecular weight is 442 g/mol. The second kappa shape index (κ2) is 6.25. The van der Waals surface area contributed by atoms with Crippen LogP contribution in [-0.4, -0.2) is 16.2 Å². The molecule has 5 rings (SSSR count). The maximum atomic E-state index is 12.8. The molecule has 0 atom stereocenters. The normalized spacial score (nSPS) is 15.0. The second-order valence-corrected chi connectivity index (χ2v) is 6.62. The van der Waals surface area contributed by atoms with Crippen molar-refractivity contribution in [2.75, 3.05) is 0 Å². The third kappa shape index (κ3) is 2.33. The molecule has 0 aliphatic carbocycles. The number of aromatic hydroxyl groups is 2. The van der Waals surface area contributed by atoms with Crippen LogP contribution in [0.5, 0.6) is 23.0 Å². The van der Waals surface area contributed by atoms with Crippen molar-refractivity contribution < 1.29 is 24.5 Å². The van der Waals surface area contributed by atoms with Crippen molar-refractivity contribution in [2.45, 2.75) is 12.1 Å². The topological polar surface area (TPSA) is 102 Å². The number of phenols is 2. The van der Waals surface area contributed by atoms with Gasteiger partial charge in [-0.25, -0.2) is 4.79 Å². The van der Waals surface area contributed by atoms with Crippen LogP contribution in [0.3, 0.4) is 0 Å². The van der Waals surface area contributed by atoms with Crippen LogP contribution in [0.25, 0.3) is 0 Å². The lowest BCUT2D eigenvalue weighted by atomic mass is 9.77. The molecular weight excluding hydrogens is 426 g/mol. The van der Waals surface area contributed by atoms with Crippen LogP contribution in [0, 0.1) is 0 Å². The molecule has 0 amide bonds. The maximum Gasteiger partial charge on any atom is 0.340 e. The van der Waals surface area contributed by atoms with Gasteiger partial charge in [0.2, 0.25) is 0 Å². The van der Waals surface area contributed by atoms with Crippen LogP contribution in [0.1, 0.15) is 32.6 Å². The van der Waals surface area contributed by atoms with Gasteiger partial charge in [0.1, 0.15) is 23.0 Å². The van der Waals surface area contributed by atoms with Crippen molar-refractivity contribution >= 4 is 23.0 Å². The number of nitrogens with two attached hydrogens (primary N) is 1. The summed E-state index contributed by atoms with van der Waals surface area (Å²) < 4.78 is 11.9. The largest absolute Gasteiger partial charge is 0.508 e. The summed E-state index contributed by atoms with van der Waals surface area (Å²) in [5.41, 5.74) is 7.65. The molecule has 1 spiro atoms. The zero-order valence-corrected chi connectivity index (χ0v) is 16.2. The van der Waals surface area contributed by atoms with Gasteiger partial charge < -0.3 is 25.4 Å². The van der Waals surface area contributed by atoms with Gasteiger partial charge in [0.05, 0.1) is 5.56 Å². The molecule has 0 fully saturated rings. The number of fused-ring (bicyclic) bond motifs is 6. The van der Waals surface area contributed by atoms with E-state index in [-0.39, 0.29) is 28.5 Å². The van der Waals surface area contributed by atoms with E-state index in [0.29, 0.717) is 40.3 Å². The zero-order chi connectivity index (χ0) is 18.8. The predicted molar refractivity (Wildman–Crippen MR) is 106 cm³/mol. The Morgan fingerprint density at radius 1 is 0.857 bits per heavy atom. The standard InChI is InChI=1S/C21H15NO5.BrH/c22-10-11-1-4-15-14(7-11)20(25)27-21(15)16-5-2-12(23)8-18(16)26-19-9-13(24)3-6-17(19)21;/h1-9,23-24H,10,22H2;1H. The molecule has 142 valence electrons. The molecule has 6 nitrogen and oxygen atoms in total. The van der Waals surface area contributed by atoms with E-state index in [9.17, 15) is 15.0 Å². The molecule has 0 bridgehead atoms. The van der Waals surface area contributed by atoms with Gasteiger partial charge in [-0.05, 0) is 35.9 Å². The van der Waals surface area contributed by atoms with E-state index in [0.717, 1.165) is 5.56 Å². The van der Waals surface area contributed by atoms with Crippen molar-refractivity contribution in [3.63, 3.8) is 0 Å². The Bertz CT molecular complexity index is 1080. The van der Waals surface area contributed by atoms with E-state index in [1.807, 2.05) is 12.1 Å². The third-order valence-electron chi connectivity index (χ3n) is 5.07. The number of halogens is 1. The average Bonchev–Trinajstić information content (AvgIpc) is 2.94. The highest BCUT2D eigenvalue weighted by atomic mass is 79.9. The van der Waals surface area contributed by atoms with Gasteiger partial charge >= 0.3 is 5.97 Å². The summed E-state index contributed by atoms with van der Waals surface area (Å²) in [6, 6.07) is 14.8. The first-order chi connectivity index (χ1) is 13.0. The van der Waals surface area contributed by atoms with Crippen LogP contribution >= 0.6 is 17.0 Å². The fourth-order valence-corrected chi connectivity index (χ4v) is 3.88. The highest BCUT2D eigenvalue weighted by molar-refractivity contribution is 8.93. The Balaban J connectivity index is 0.00000192. The lowest BCUT2D eigenvalue weighted by Gasteiger charge is -2.36. The van der Waals surface area contributed by atoms with Crippen LogP contribution in [0.2, 0.25) is 0 Å². The molecule has 0 saturated carbocycles. The van der Waals surface area contributed by atoms with Crippen LogP contribution in [-0.2, 0) is 16.9 Å². The lowest BCUT2D eigenvalue weighted by molar-refractivity contribution is 0.0224. The molecule has 0 unspecified atom stereocenters. The minimum atomic E-state index is -1.22. The number of rotatable bonds is 1. The van der Waals surface area contributed by atoms with Crippen LogP contribution < -0.4 is 10.5 Å². The fraction of sp³-hybridized carbons (Fsp3) is 0.0952. The van der Waals surface area contributed by atoms with E-state index in [2.05, 4.69) is 0 Å². The summed E-state index contributed by atoms with van der Waals surface area (Å²) in [5.74, 6) is 0.305. The molecule has 0 saturated heterocycles. The highest BCUT2D eigenvalue weighted by Gasteiger charge is 2.53. The molecule has 4 N–H and O–H groups in total. The number of benzene rings is 3. The summed E-state index contributed by atoms with van der Waals surface area (Å²) in [5, 5.41) is 19.8. The molecule has 0 radical (unpaired) electrons. The monoisotopic (exact) mass is 441 g/mol. The number of carbonyl (C=O) groups excluding carboxylic acids is 1.